The molecule has 2 aliphatic rings. The van der Waals surface area contributed by atoms with Gasteiger partial charge in [-0.3, -0.25) is 4.98 Å². The van der Waals surface area contributed by atoms with Crippen LogP contribution in [-0.2, 0) is 0 Å². The molecule has 1 N–H and O–H groups in total. The lowest BCUT2D eigenvalue weighted by Crippen LogP contribution is -2.40. The molecule has 9 heteroatoms. The average Bonchev–Trinajstić information content (AvgIpc) is 3.30. The standard InChI is InChI=1S/C21H21N5O4/c27-21(23-15-5-3-6-17-18(15)29-13-12-28-17)26-10-7-14(8-11-26)20-24-19(25-30-20)16-4-1-2-9-22-16/h1-6,9,14H,7-8,10-13H2,(H,23,27). The first-order valence-electron chi connectivity index (χ1n) is 9.97. The number of amides is 2. The van der Waals surface area contributed by atoms with Crippen molar-refractivity contribution in [3.05, 3.63) is 48.5 Å². The SMILES string of the molecule is O=C(Nc1cccc2c1OCCO2)N1CCC(c2nc(-c3ccccn3)no2)CC1. The summed E-state index contributed by atoms with van der Waals surface area (Å²) >= 11 is 0. The zero-order valence-corrected chi connectivity index (χ0v) is 16.3. The van der Waals surface area contributed by atoms with E-state index in [4.69, 9.17) is 14.0 Å². The number of nitrogens with one attached hydrogen (secondary N) is 1. The van der Waals surface area contributed by atoms with Gasteiger partial charge in [0.25, 0.3) is 0 Å². The van der Waals surface area contributed by atoms with E-state index in [1.165, 1.54) is 0 Å². The largest absolute Gasteiger partial charge is 0.486 e. The number of nitrogens with zero attached hydrogens (tertiary/aromatic N) is 4. The molecule has 0 saturated carbocycles. The molecule has 5 rings (SSSR count). The molecule has 30 heavy (non-hydrogen) atoms. The van der Waals surface area contributed by atoms with Crippen LogP contribution in [0, 0.1) is 0 Å². The number of para-hydroxylation sites is 1. The topological polar surface area (TPSA) is 103 Å². The molecule has 4 heterocycles. The summed E-state index contributed by atoms with van der Waals surface area (Å²) in [5, 5.41) is 6.99. The average molecular weight is 407 g/mol. The monoisotopic (exact) mass is 407 g/mol. The maximum Gasteiger partial charge on any atom is 0.321 e. The summed E-state index contributed by atoms with van der Waals surface area (Å²) in [6, 6.07) is 10.9. The summed E-state index contributed by atoms with van der Waals surface area (Å²) in [7, 11) is 0. The second-order valence-electron chi connectivity index (χ2n) is 7.19. The molecule has 0 radical (unpaired) electrons. The highest BCUT2D eigenvalue weighted by Crippen LogP contribution is 2.37. The van der Waals surface area contributed by atoms with Gasteiger partial charge in [0.05, 0.1) is 5.69 Å². The third-order valence-corrected chi connectivity index (χ3v) is 5.27. The van der Waals surface area contributed by atoms with E-state index < -0.39 is 0 Å². The Labute approximate surface area is 173 Å². The van der Waals surface area contributed by atoms with Crippen molar-refractivity contribution >= 4 is 11.7 Å². The minimum atomic E-state index is -0.157. The van der Waals surface area contributed by atoms with E-state index in [0.29, 0.717) is 60.9 Å². The number of hydrogen-bond donors (Lipinski definition) is 1. The van der Waals surface area contributed by atoms with Crippen molar-refractivity contribution in [1.29, 1.82) is 0 Å². The summed E-state index contributed by atoms with van der Waals surface area (Å²) in [5.74, 6) is 2.44. The third kappa shape index (κ3) is 3.66. The number of likely N-dealkylation sites (tertiary alicyclic amines) is 1. The molecule has 2 amide bonds. The van der Waals surface area contributed by atoms with Crippen LogP contribution in [0.2, 0.25) is 0 Å². The molecule has 0 spiro atoms. The zero-order valence-electron chi connectivity index (χ0n) is 16.3. The highest BCUT2D eigenvalue weighted by Gasteiger charge is 2.28. The molecule has 9 nitrogen and oxygen atoms in total. The van der Waals surface area contributed by atoms with Gasteiger partial charge in [-0.05, 0) is 37.1 Å². The lowest BCUT2D eigenvalue weighted by atomic mass is 9.97. The predicted octanol–water partition coefficient (Wildman–Crippen LogP) is 3.31. The molecule has 2 aromatic heterocycles. The van der Waals surface area contributed by atoms with Crippen molar-refractivity contribution < 1.29 is 18.8 Å². The van der Waals surface area contributed by atoms with Gasteiger partial charge in [-0.25, -0.2) is 4.79 Å². The fourth-order valence-electron chi connectivity index (χ4n) is 3.70. The van der Waals surface area contributed by atoms with Gasteiger partial charge < -0.3 is 24.2 Å². The molecule has 0 bridgehead atoms. The molecular formula is C21H21N5O4. The van der Waals surface area contributed by atoms with Crippen LogP contribution in [0.25, 0.3) is 11.5 Å². The minimum absolute atomic E-state index is 0.125. The van der Waals surface area contributed by atoms with Crippen LogP contribution in [0.4, 0.5) is 10.5 Å². The van der Waals surface area contributed by atoms with Crippen molar-refractivity contribution in [1.82, 2.24) is 20.0 Å². The van der Waals surface area contributed by atoms with Crippen LogP contribution in [0.3, 0.4) is 0 Å². The Bertz CT molecular complexity index is 1030. The molecule has 2 aliphatic heterocycles. The van der Waals surface area contributed by atoms with E-state index in [1.54, 1.807) is 11.1 Å². The lowest BCUT2D eigenvalue weighted by Gasteiger charge is -2.31. The molecule has 0 unspecified atom stereocenters. The second kappa shape index (κ2) is 8.02. The first kappa shape index (κ1) is 18.4. The van der Waals surface area contributed by atoms with E-state index >= 15 is 0 Å². The number of pyridine rings is 1. The number of anilines is 1. The summed E-state index contributed by atoms with van der Waals surface area (Å²) < 4.78 is 16.7. The van der Waals surface area contributed by atoms with Gasteiger partial charge in [0.1, 0.15) is 18.9 Å². The number of rotatable bonds is 3. The van der Waals surface area contributed by atoms with E-state index in [0.717, 1.165) is 12.8 Å². The number of ether oxygens (including phenoxy) is 2. The van der Waals surface area contributed by atoms with Gasteiger partial charge in [0, 0.05) is 25.2 Å². The number of carbonyl (C=O) groups is 1. The lowest BCUT2D eigenvalue weighted by molar-refractivity contribution is 0.171. The first-order chi connectivity index (χ1) is 14.8. The van der Waals surface area contributed by atoms with Crippen molar-refractivity contribution in [2.45, 2.75) is 18.8 Å². The van der Waals surface area contributed by atoms with Gasteiger partial charge in [0.2, 0.25) is 11.7 Å². The number of urea groups is 1. The molecule has 0 atom stereocenters. The second-order valence-corrected chi connectivity index (χ2v) is 7.19. The number of piperidine rings is 1. The summed E-state index contributed by atoms with van der Waals surface area (Å²) in [5.41, 5.74) is 1.30. The van der Waals surface area contributed by atoms with E-state index in [1.807, 2.05) is 36.4 Å². The van der Waals surface area contributed by atoms with Crippen LogP contribution in [0.5, 0.6) is 11.5 Å². The Morgan fingerprint density at radius 2 is 1.93 bits per heavy atom. The van der Waals surface area contributed by atoms with Crippen LogP contribution < -0.4 is 14.8 Å². The van der Waals surface area contributed by atoms with Crippen LogP contribution >= 0.6 is 0 Å². The van der Waals surface area contributed by atoms with Crippen molar-refractivity contribution in [2.75, 3.05) is 31.6 Å². The highest BCUT2D eigenvalue weighted by atomic mass is 16.6. The first-order valence-corrected chi connectivity index (χ1v) is 9.97. The Morgan fingerprint density at radius 1 is 1.07 bits per heavy atom. The Hall–Kier alpha value is -3.62. The molecule has 1 saturated heterocycles. The van der Waals surface area contributed by atoms with E-state index in [-0.39, 0.29) is 11.9 Å². The van der Waals surface area contributed by atoms with Gasteiger partial charge >= 0.3 is 6.03 Å². The highest BCUT2D eigenvalue weighted by molar-refractivity contribution is 5.91. The Kier molecular flexibility index (Phi) is 4.92. The number of benzene rings is 1. The Balaban J connectivity index is 1.20. The van der Waals surface area contributed by atoms with Crippen molar-refractivity contribution in [2.24, 2.45) is 0 Å². The third-order valence-electron chi connectivity index (χ3n) is 5.27. The molecule has 0 aliphatic carbocycles. The molecule has 1 fully saturated rings. The maximum absolute atomic E-state index is 12.7. The number of fused-ring (bicyclic) bond motifs is 1. The number of aromatic nitrogens is 3. The van der Waals surface area contributed by atoms with Gasteiger partial charge in [-0.15, -0.1) is 0 Å². The molecule has 3 aromatic rings. The smallest absolute Gasteiger partial charge is 0.321 e. The minimum Gasteiger partial charge on any atom is -0.486 e. The van der Waals surface area contributed by atoms with Crippen molar-refractivity contribution in [3.63, 3.8) is 0 Å². The summed E-state index contributed by atoms with van der Waals surface area (Å²) in [6.07, 6.45) is 3.21. The number of hydrogen-bond acceptors (Lipinski definition) is 7. The Morgan fingerprint density at radius 3 is 2.77 bits per heavy atom. The fraction of sp³-hybridized carbons (Fsp3) is 0.333. The van der Waals surface area contributed by atoms with Gasteiger partial charge in [-0.1, -0.05) is 17.3 Å². The molecule has 1 aromatic carbocycles. The summed E-state index contributed by atoms with van der Waals surface area (Å²) in [6.45, 7) is 2.18. The zero-order chi connectivity index (χ0) is 20.3. The number of carbonyl (C=O) groups excluding carboxylic acids is 1. The van der Waals surface area contributed by atoms with E-state index in [9.17, 15) is 4.79 Å². The quantitative estimate of drug-likeness (QED) is 0.710. The molecule has 154 valence electrons. The van der Waals surface area contributed by atoms with Crippen LogP contribution in [0.1, 0.15) is 24.7 Å². The summed E-state index contributed by atoms with van der Waals surface area (Å²) in [4.78, 5) is 23.3. The van der Waals surface area contributed by atoms with E-state index in [2.05, 4.69) is 20.4 Å². The van der Waals surface area contributed by atoms with Gasteiger partial charge in [0.15, 0.2) is 11.5 Å². The predicted molar refractivity (Wildman–Crippen MR) is 108 cm³/mol. The maximum atomic E-state index is 12.7. The van der Waals surface area contributed by atoms with Crippen LogP contribution in [0.15, 0.2) is 47.1 Å². The molecular weight excluding hydrogens is 386 g/mol. The van der Waals surface area contributed by atoms with Gasteiger partial charge in [-0.2, -0.15) is 4.98 Å². The van der Waals surface area contributed by atoms with Crippen LogP contribution in [-0.4, -0.2) is 52.4 Å². The fourth-order valence-corrected chi connectivity index (χ4v) is 3.70. The van der Waals surface area contributed by atoms with Crippen molar-refractivity contribution in [3.8, 4) is 23.0 Å². The normalized spacial score (nSPS) is 16.3.